The molecule has 0 bridgehead atoms. The fraction of sp³-hybridized carbons (Fsp3) is 0.400. The Balaban J connectivity index is 4.64. The smallest absolute Gasteiger partial charge is 0.115 e. The molecule has 0 heterocycles. The lowest BCUT2D eigenvalue weighted by Crippen LogP contribution is -2.00. The van der Waals surface area contributed by atoms with E-state index in [1.54, 1.807) is 7.11 Å². The van der Waals surface area contributed by atoms with Crippen LogP contribution in [-0.2, 0) is 4.74 Å². The van der Waals surface area contributed by atoms with Crippen molar-refractivity contribution < 1.29 is 4.74 Å². The van der Waals surface area contributed by atoms with Gasteiger partial charge < -0.3 is 10.5 Å². The van der Waals surface area contributed by atoms with Crippen molar-refractivity contribution in [2.24, 2.45) is 5.73 Å². The monoisotopic (exact) mass is 167 g/mol. The standard InChI is InChI=1S/C10H17NO/c1-7(2)8(3)6-10(11)9(4)12-5/h6H,1,11H2,2-5H3/b8-6-,10-9-. The minimum atomic E-state index is 0.651. The molecule has 12 heavy (non-hydrogen) atoms. The van der Waals surface area contributed by atoms with E-state index in [-0.39, 0.29) is 0 Å². The molecule has 0 spiro atoms. The molecule has 68 valence electrons. The summed E-state index contributed by atoms with van der Waals surface area (Å²) in [5.74, 6) is 0.732. The van der Waals surface area contributed by atoms with Gasteiger partial charge >= 0.3 is 0 Å². The maximum absolute atomic E-state index is 5.70. The number of ether oxygens (including phenoxy) is 1. The van der Waals surface area contributed by atoms with Gasteiger partial charge in [0.15, 0.2) is 0 Å². The molecular weight excluding hydrogens is 150 g/mol. The van der Waals surface area contributed by atoms with Gasteiger partial charge in [-0.1, -0.05) is 12.2 Å². The molecule has 0 rings (SSSR count). The van der Waals surface area contributed by atoms with Gasteiger partial charge in [-0.2, -0.15) is 0 Å². The predicted molar refractivity (Wildman–Crippen MR) is 52.5 cm³/mol. The Kier molecular flexibility index (Phi) is 4.19. The number of rotatable bonds is 3. The van der Waals surface area contributed by atoms with Gasteiger partial charge in [0.2, 0.25) is 0 Å². The number of hydrogen-bond acceptors (Lipinski definition) is 2. The van der Waals surface area contributed by atoms with Gasteiger partial charge in [0.1, 0.15) is 5.76 Å². The molecule has 2 nitrogen and oxygen atoms in total. The van der Waals surface area contributed by atoms with E-state index in [4.69, 9.17) is 10.5 Å². The van der Waals surface area contributed by atoms with Crippen LogP contribution in [0.1, 0.15) is 20.8 Å². The van der Waals surface area contributed by atoms with Crippen LogP contribution < -0.4 is 5.73 Å². The summed E-state index contributed by atoms with van der Waals surface area (Å²) in [7, 11) is 1.60. The second kappa shape index (κ2) is 4.65. The molecule has 0 saturated heterocycles. The van der Waals surface area contributed by atoms with E-state index in [0.29, 0.717) is 5.70 Å². The number of hydrogen-bond donors (Lipinski definition) is 1. The van der Waals surface area contributed by atoms with Gasteiger partial charge in [0, 0.05) is 0 Å². The molecule has 0 aromatic rings. The molecule has 0 fully saturated rings. The molecule has 0 saturated carbocycles. The molecule has 0 aliphatic heterocycles. The highest BCUT2D eigenvalue weighted by Gasteiger charge is 1.95. The highest BCUT2D eigenvalue weighted by molar-refractivity contribution is 5.32. The third-order valence-corrected chi connectivity index (χ3v) is 1.76. The molecule has 2 N–H and O–H groups in total. The maximum Gasteiger partial charge on any atom is 0.115 e. The lowest BCUT2D eigenvalue weighted by Gasteiger charge is -2.03. The largest absolute Gasteiger partial charge is 0.499 e. The van der Waals surface area contributed by atoms with E-state index >= 15 is 0 Å². The summed E-state index contributed by atoms with van der Waals surface area (Å²) in [5.41, 5.74) is 8.44. The minimum absolute atomic E-state index is 0.651. The van der Waals surface area contributed by atoms with Crippen molar-refractivity contribution in [2.45, 2.75) is 20.8 Å². The Morgan fingerprint density at radius 1 is 1.33 bits per heavy atom. The zero-order valence-corrected chi connectivity index (χ0v) is 8.27. The van der Waals surface area contributed by atoms with Crippen LogP contribution in [-0.4, -0.2) is 7.11 Å². The van der Waals surface area contributed by atoms with Crippen molar-refractivity contribution in [3.8, 4) is 0 Å². The van der Waals surface area contributed by atoms with Gasteiger partial charge in [-0.05, 0) is 32.4 Å². The number of nitrogens with two attached hydrogens (primary N) is 1. The predicted octanol–water partition coefficient (Wildman–Crippen LogP) is 2.35. The highest BCUT2D eigenvalue weighted by atomic mass is 16.5. The number of allylic oxidation sites excluding steroid dienone is 4. The van der Waals surface area contributed by atoms with Crippen LogP contribution >= 0.6 is 0 Å². The lowest BCUT2D eigenvalue weighted by molar-refractivity contribution is 0.289. The second-order valence-electron chi connectivity index (χ2n) is 2.82. The third-order valence-electron chi connectivity index (χ3n) is 1.76. The van der Waals surface area contributed by atoms with E-state index < -0.39 is 0 Å². The summed E-state index contributed by atoms with van der Waals surface area (Å²) >= 11 is 0. The summed E-state index contributed by atoms with van der Waals surface area (Å²) < 4.78 is 4.97. The minimum Gasteiger partial charge on any atom is -0.499 e. The quantitative estimate of drug-likeness (QED) is 0.517. The zero-order chi connectivity index (χ0) is 9.72. The molecule has 0 unspecified atom stereocenters. The van der Waals surface area contributed by atoms with Crippen LogP contribution in [0.25, 0.3) is 0 Å². The average Bonchev–Trinajstić information content (AvgIpc) is 2.02. The van der Waals surface area contributed by atoms with Crippen LogP contribution in [0.3, 0.4) is 0 Å². The van der Waals surface area contributed by atoms with Gasteiger partial charge in [-0.25, -0.2) is 0 Å². The van der Waals surface area contributed by atoms with E-state index in [1.165, 1.54) is 0 Å². The van der Waals surface area contributed by atoms with Crippen LogP contribution in [0.4, 0.5) is 0 Å². The Hall–Kier alpha value is -1.18. The fourth-order valence-electron chi connectivity index (χ4n) is 0.576. The first-order valence-electron chi connectivity index (χ1n) is 3.83. The van der Waals surface area contributed by atoms with E-state index in [1.807, 2.05) is 26.8 Å². The molecule has 0 aliphatic rings. The molecule has 0 amide bonds. The fourth-order valence-corrected chi connectivity index (χ4v) is 0.576. The van der Waals surface area contributed by atoms with Gasteiger partial charge in [-0.15, -0.1) is 0 Å². The molecule has 0 atom stereocenters. The van der Waals surface area contributed by atoms with Crippen LogP contribution in [0.2, 0.25) is 0 Å². The van der Waals surface area contributed by atoms with Crippen molar-refractivity contribution >= 4 is 0 Å². The first-order valence-corrected chi connectivity index (χ1v) is 3.83. The molecule has 0 aliphatic carbocycles. The summed E-state index contributed by atoms with van der Waals surface area (Å²) in [5, 5.41) is 0. The van der Waals surface area contributed by atoms with Crippen molar-refractivity contribution in [1.82, 2.24) is 0 Å². The van der Waals surface area contributed by atoms with E-state index in [0.717, 1.165) is 16.9 Å². The average molecular weight is 167 g/mol. The zero-order valence-electron chi connectivity index (χ0n) is 8.27. The first-order chi connectivity index (χ1) is 5.49. The Labute approximate surface area is 74.4 Å². The SMILES string of the molecule is C=C(C)/C(C)=C\C(N)=C(/C)OC. The second-order valence-corrected chi connectivity index (χ2v) is 2.82. The van der Waals surface area contributed by atoms with E-state index in [9.17, 15) is 0 Å². The van der Waals surface area contributed by atoms with Crippen LogP contribution in [0.15, 0.2) is 35.3 Å². The van der Waals surface area contributed by atoms with Gasteiger partial charge in [-0.3, -0.25) is 0 Å². The van der Waals surface area contributed by atoms with Crippen molar-refractivity contribution in [2.75, 3.05) is 7.11 Å². The van der Waals surface area contributed by atoms with Crippen molar-refractivity contribution in [1.29, 1.82) is 0 Å². The maximum atomic E-state index is 5.70. The first kappa shape index (κ1) is 10.8. The van der Waals surface area contributed by atoms with Gasteiger partial charge in [0.25, 0.3) is 0 Å². The summed E-state index contributed by atoms with van der Waals surface area (Å²) in [6, 6.07) is 0. The van der Waals surface area contributed by atoms with Crippen molar-refractivity contribution in [3.05, 3.63) is 35.3 Å². The lowest BCUT2D eigenvalue weighted by atomic mass is 10.1. The van der Waals surface area contributed by atoms with E-state index in [2.05, 4.69) is 6.58 Å². The summed E-state index contributed by atoms with van der Waals surface area (Å²) in [6.45, 7) is 9.55. The highest BCUT2D eigenvalue weighted by Crippen LogP contribution is 2.09. The molecular formula is C10H17NO. The Morgan fingerprint density at radius 3 is 2.17 bits per heavy atom. The van der Waals surface area contributed by atoms with Crippen LogP contribution in [0, 0.1) is 0 Å². The molecule has 0 radical (unpaired) electrons. The molecule has 2 heteroatoms. The summed E-state index contributed by atoms with van der Waals surface area (Å²) in [6.07, 6.45) is 1.86. The number of methoxy groups -OCH3 is 1. The Morgan fingerprint density at radius 2 is 1.83 bits per heavy atom. The molecule has 0 aromatic carbocycles. The normalized spacial score (nSPS) is 13.8. The Bertz CT molecular complexity index is 236. The molecule has 0 aromatic heterocycles. The van der Waals surface area contributed by atoms with Crippen LogP contribution in [0.5, 0.6) is 0 Å². The third kappa shape index (κ3) is 3.28. The van der Waals surface area contributed by atoms with Crippen molar-refractivity contribution in [3.63, 3.8) is 0 Å². The summed E-state index contributed by atoms with van der Waals surface area (Å²) in [4.78, 5) is 0. The topological polar surface area (TPSA) is 35.2 Å². The van der Waals surface area contributed by atoms with Gasteiger partial charge in [0.05, 0.1) is 12.8 Å².